The molecule has 1 rings (SSSR count). The highest BCUT2D eigenvalue weighted by Gasteiger charge is 2.25. The van der Waals surface area contributed by atoms with E-state index in [4.69, 9.17) is 0 Å². The fourth-order valence-electron chi connectivity index (χ4n) is 1.48. The minimum Gasteiger partial charge on any atom is -0.464 e. The summed E-state index contributed by atoms with van der Waals surface area (Å²) < 4.78 is 30.9. The van der Waals surface area contributed by atoms with Crippen LogP contribution in [0.1, 0.15) is 43.1 Å². The molecule has 0 bridgehead atoms. The molecule has 0 radical (unpaired) electrons. The summed E-state index contributed by atoms with van der Waals surface area (Å²) in [4.78, 5) is 15.1. The van der Waals surface area contributed by atoms with E-state index in [-0.39, 0.29) is 9.90 Å². The number of hydrogen-bond donors (Lipinski definition) is 1. The van der Waals surface area contributed by atoms with Gasteiger partial charge in [-0.1, -0.05) is 26.2 Å². The minimum absolute atomic E-state index is 0.0881. The van der Waals surface area contributed by atoms with Crippen LogP contribution in [-0.4, -0.2) is 33.0 Å². The Labute approximate surface area is 117 Å². The monoisotopic (exact) mass is 306 g/mol. The van der Waals surface area contributed by atoms with Crippen LogP contribution >= 0.6 is 11.3 Å². The lowest BCUT2D eigenvalue weighted by Gasteiger charge is -2.05. The third-order valence-electron chi connectivity index (χ3n) is 2.48. The Morgan fingerprint density at radius 3 is 2.79 bits per heavy atom. The first kappa shape index (κ1) is 16.1. The molecule has 0 unspecified atom stereocenters. The second kappa shape index (κ2) is 7.56. The molecule has 19 heavy (non-hydrogen) atoms. The molecule has 0 saturated carbocycles. The first-order valence-electron chi connectivity index (χ1n) is 6.04. The Kier molecular flexibility index (Phi) is 6.40. The topological polar surface area (TPSA) is 85.4 Å². The first-order chi connectivity index (χ1) is 9.03. The summed E-state index contributed by atoms with van der Waals surface area (Å²) in [6, 6.07) is 0. The second-order valence-electron chi connectivity index (χ2n) is 3.94. The van der Waals surface area contributed by atoms with Crippen LogP contribution < -0.4 is 4.72 Å². The molecule has 8 heteroatoms. The van der Waals surface area contributed by atoms with Crippen LogP contribution in [-0.2, 0) is 14.8 Å². The van der Waals surface area contributed by atoms with Gasteiger partial charge in [-0.3, -0.25) is 0 Å². The summed E-state index contributed by atoms with van der Waals surface area (Å²) in [5, 5.41) is 0. The van der Waals surface area contributed by atoms with Crippen LogP contribution in [0, 0.1) is 0 Å². The van der Waals surface area contributed by atoms with E-state index in [9.17, 15) is 13.2 Å². The maximum atomic E-state index is 12.0. The predicted molar refractivity (Wildman–Crippen MR) is 72.8 cm³/mol. The van der Waals surface area contributed by atoms with Crippen molar-refractivity contribution in [3.63, 3.8) is 0 Å². The van der Waals surface area contributed by atoms with E-state index in [1.807, 2.05) is 0 Å². The van der Waals surface area contributed by atoms with E-state index in [0.717, 1.165) is 37.0 Å². The zero-order chi connectivity index (χ0) is 14.3. The largest absolute Gasteiger partial charge is 0.464 e. The van der Waals surface area contributed by atoms with Gasteiger partial charge in [-0.25, -0.2) is 22.9 Å². The highest BCUT2D eigenvalue weighted by molar-refractivity contribution is 7.91. The number of aromatic nitrogens is 1. The average molecular weight is 306 g/mol. The number of hydrogen-bond acceptors (Lipinski definition) is 6. The lowest BCUT2D eigenvalue weighted by Crippen LogP contribution is -2.25. The van der Waals surface area contributed by atoms with Crippen LogP contribution in [0.2, 0.25) is 0 Å². The van der Waals surface area contributed by atoms with Gasteiger partial charge >= 0.3 is 5.97 Å². The fourth-order valence-corrected chi connectivity index (χ4v) is 3.73. The molecule has 1 N–H and O–H groups in total. The van der Waals surface area contributed by atoms with E-state index in [1.165, 1.54) is 12.6 Å². The average Bonchev–Trinajstić information content (AvgIpc) is 2.87. The number of thiazole rings is 1. The number of methoxy groups -OCH3 is 1. The lowest BCUT2D eigenvalue weighted by molar-refractivity contribution is 0.0590. The van der Waals surface area contributed by atoms with Crippen molar-refractivity contribution in [2.45, 2.75) is 36.8 Å². The van der Waals surface area contributed by atoms with Gasteiger partial charge in [-0.2, -0.15) is 0 Å². The zero-order valence-corrected chi connectivity index (χ0v) is 12.6. The Morgan fingerprint density at radius 2 is 2.16 bits per heavy atom. The van der Waals surface area contributed by atoms with Crippen molar-refractivity contribution in [3.05, 3.63) is 11.2 Å². The molecule has 0 aliphatic heterocycles. The van der Waals surface area contributed by atoms with Gasteiger partial charge in [0.05, 0.1) is 12.6 Å². The van der Waals surface area contributed by atoms with E-state index in [2.05, 4.69) is 21.4 Å². The van der Waals surface area contributed by atoms with Crippen molar-refractivity contribution in [1.29, 1.82) is 0 Å². The van der Waals surface area contributed by atoms with Gasteiger partial charge in [0.15, 0.2) is 9.90 Å². The fraction of sp³-hybridized carbons (Fsp3) is 0.636. The van der Waals surface area contributed by atoms with Crippen LogP contribution in [0.4, 0.5) is 0 Å². The maximum absolute atomic E-state index is 12.0. The normalized spacial score (nSPS) is 11.5. The van der Waals surface area contributed by atoms with Gasteiger partial charge in [-0.05, 0) is 6.42 Å². The van der Waals surface area contributed by atoms with Gasteiger partial charge in [0.1, 0.15) is 0 Å². The van der Waals surface area contributed by atoms with Crippen LogP contribution in [0.15, 0.2) is 9.72 Å². The van der Waals surface area contributed by atoms with Gasteiger partial charge in [0, 0.05) is 6.54 Å². The molecule has 0 fully saturated rings. The molecule has 0 atom stereocenters. The van der Waals surface area contributed by atoms with Crippen molar-refractivity contribution < 1.29 is 17.9 Å². The second-order valence-corrected chi connectivity index (χ2v) is 6.76. The Morgan fingerprint density at radius 1 is 1.42 bits per heavy atom. The van der Waals surface area contributed by atoms with Crippen LogP contribution in [0.3, 0.4) is 0 Å². The Bertz CT molecular complexity index is 511. The summed E-state index contributed by atoms with van der Waals surface area (Å²) in [5.41, 5.74) is 1.16. The van der Waals surface area contributed by atoms with Crippen molar-refractivity contribution >= 4 is 27.3 Å². The molecule has 1 heterocycles. The Hall–Kier alpha value is -0.990. The molecule has 108 valence electrons. The molecular weight excluding hydrogens is 288 g/mol. The van der Waals surface area contributed by atoms with Gasteiger partial charge in [0.2, 0.25) is 0 Å². The SMILES string of the molecule is CCCCCCNS(=O)(=O)c1scnc1C(=O)OC. The molecule has 0 aliphatic rings. The number of unbranched alkanes of at least 4 members (excludes halogenated alkanes) is 3. The summed E-state index contributed by atoms with van der Waals surface area (Å²) in [6.07, 6.45) is 3.93. The van der Waals surface area contributed by atoms with Crippen molar-refractivity contribution in [2.75, 3.05) is 13.7 Å². The minimum atomic E-state index is -3.68. The molecule has 0 aromatic carbocycles. The van der Waals surface area contributed by atoms with Crippen LogP contribution in [0.5, 0.6) is 0 Å². The van der Waals surface area contributed by atoms with Crippen molar-refractivity contribution in [2.24, 2.45) is 0 Å². The number of nitrogens with one attached hydrogen (secondary N) is 1. The molecule has 0 spiro atoms. The third-order valence-corrected chi connectivity index (χ3v) is 5.31. The summed E-state index contributed by atoms with van der Waals surface area (Å²) in [5.74, 6) is -0.743. The van der Waals surface area contributed by atoms with E-state index in [0.29, 0.717) is 6.54 Å². The summed E-state index contributed by atoms with van der Waals surface area (Å²) in [7, 11) is -2.49. The predicted octanol–water partition coefficient (Wildman–Crippen LogP) is 1.79. The molecular formula is C11H18N2O4S2. The number of carbonyl (C=O) groups is 1. The number of sulfonamides is 1. The molecule has 0 amide bonds. The third kappa shape index (κ3) is 4.55. The van der Waals surface area contributed by atoms with Crippen LogP contribution in [0.25, 0.3) is 0 Å². The quantitative estimate of drug-likeness (QED) is 0.584. The number of ether oxygens (including phenoxy) is 1. The number of esters is 1. The molecule has 1 aromatic heterocycles. The maximum Gasteiger partial charge on any atom is 0.358 e. The van der Waals surface area contributed by atoms with E-state index < -0.39 is 16.0 Å². The smallest absolute Gasteiger partial charge is 0.358 e. The van der Waals surface area contributed by atoms with Crippen molar-refractivity contribution in [1.82, 2.24) is 9.71 Å². The number of rotatable bonds is 8. The molecule has 0 aliphatic carbocycles. The summed E-state index contributed by atoms with van der Waals surface area (Å²) in [6.45, 7) is 2.45. The zero-order valence-electron chi connectivity index (χ0n) is 11.0. The number of nitrogens with zero attached hydrogens (tertiary/aromatic N) is 1. The molecule has 1 aromatic rings. The number of carbonyl (C=O) groups excluding carboxylic acids is 1. The summed E-state index contributed by atoms with van der Waals surface area (Å²) >= 11 is 0.906. The highest BCUT2D eigenvalue weighted by Crippen LogP contribution is 2.20. The lowest BCUT2D eigenvalue weighted by atomic mass is 10.2. The van der Waals surface area contributed by atoms with Gasteiger partial charge in [-0.15, -0.1) is 11.3 Å². The highest BCUT2D eigenvalue weighted by atomic mass is 32.2. The Balaban J connectivity index is 2.67. The molecule has 0 saturated heterocycles. The van der Waals surface area contributed by atoms with E-state index in [1.54, 1.807) is 0 Å². The standard InChI is InChI=1S/C11H18N2O4S2/c1-3-4-5-6-7-13-19(15,16)11-9(10(14)17-2)12-8-18-11/h8,13H,3-7H2,1-2H3. The first-order valence-corrected chi connectivity index (χ1v) is 8.40. The molecule has 6 nitrogen and oxygen atoms in total. The van der Waals surface area contributed by atoms with Gasteiger partial charge < -0.3 is 4.74 Å². The van der Waals surface area contributed by atoms with Crippen molar-refractivity contribution in [3.8, 4) is 0 Å². The van der Waals surface area contributed by atoms with E-state index >= 15 is 0 Å². The van der Waals surface area contributed by atoms with Gasteiger partial charge in [0.25, 0.3) is 10.0 Å².